The highest BCUT2D eigenvalue weighted by Gasteiger charge is 2.58. The molecule has 1 N–H and O–H groups in total. The second-order valence-corrected chi connectivity index (χ2v) is 9.78. The Morgan fingerprint density at radius 1 is 1.27 bits per heavy atom. The van der Waals surface area contributed by atoms with Crippen molar-refractivity contribution in [1.29, 1.82) is 0 Å². The molecule has 0 aliphatic carbocycles. The second-order valence-electron chi connectivity index (χ2n) is 9.37. The molecule has 1 amide bonds. The summed E-state index contributed by atoms with van der Waals surface area (Å²) in [5.41, 5.74) is 0.0519. The van der Waals surface area contributed by atoms with E-state index in [1.54, 1.807) is 11.0 Å². The number of ether oxygens (including phenoxy) is 2. The summed E-state index contributed by atoms with van der Waals surface area (Å²) in [7, 11) is 3.44. The van der Waals surface area contributed by atoms with Crippen LogP contribution in [0.2, 0.25) is 5.02 Å². The molecular weight excluding hydrogens is 451 g/mol. The summed E-state index contributed by atoms with van der Waals surface area (Å²) in [5, 5.41) is 18.4. The predicted octanol–water partition coefficient (Wildman–Crippen LogP) is 4.81. The van der Waals surface area contributed by atoms with Crippen LogP contribution in [0, 0.1) is 5.82 Å². The van der Waals surface area contributed by atoms with Gasteiger partial charge < -0.3 is 19.5 Å². The Morgan fingerprint density at radius 3 is 2.48 bits per heavy atom. The minimum atomic E-state index is -0.857. The van der Waals surface area contributed by atoms with Crippen LogP contribution in [0.25, 0.3) is 11.3 Å². The predicted molar refractivity (Wildman–Crippen MR) is 122 cm³/mol. The van der Waals surface area contributed by atoms with E-state index in [2.05, 4.69) is 15.1 Å². The van der Waals surface area contributed by atoms with Crippen molar-refractivity contribution in [2.75, 3.05) is 25.9 Å². The summed E-state index contributed by atoms with van der Waals surface area (Å²) in [6, 6.07) is 6.35. The van der Waals surface area contributed by atoms with Crippen LogP contribution in [0.1, 0.15) is 39.5 Å². The van der Waals surface area contributed by atoms with E-state index in [-0.39, 0.29) is 17.9 Å². The third-order valence-electron chi connectivity index (χ3n) is 7.01. The maximum atomic E-state index is 14.1. The average Bonchev–Trinajstić information content (AvgIpc) is 2.95. The van der Waals surface area contributed by atoms with E-state index >= 15 is 0 Å². The van der Waals surface area contributed by atoms with E-state index in [9.17, 15) is 14.3 Å². The number of anilines is 1. The summed E-state index contributed by atoms with van der Waals surface area (Å²) in [4.78, 5) is 15.6. The Kier molecular flexibility index (Phi) is 6.13. The number of piperidine rings is 1. The number of hydrogen-bond acceptors (Lipinski definition) is 6. The van der Waals surface area contributed by atoms with Crippen molar-refractivity contribution in [3.05, 3.63) is 35.1 Å². The molecule has 2 saturated heterocycles. The molecule has 2 bridgehead atoms. The van der Waals surface area contributed by atoms with Gasteiger partial charge in [0.1, 0.15) is 11.6 Å². The van der Waals surface area contributed by atoms with Gasteiger partial charge in [-0.1, -0.05) is 11.6 Å². The molecule has 178 valence electrons. The number of rotatable bonds is 6. The number of methoxy groups -OCH3 is 1. The van der Waals surface area contributed by atoms with Crippen LogP contribution >= 0.6 is 11.6 Å². The van der Waals surface area contributed by atoms with Crippen LogP contribution in [-0.2, 0) is 4.74 Å². The fourth-order valence-corrected chi connectivity index (χ4v) is 5.59. The highest BCUT2D eigenvalue weighted by Crippen LogP contribution is 2.51. The minimum Gasteiger partial charge on any atom is -0.467 e. The van der Waals surface area contributed by atoms with Gasteiger partial charge in [0.25, 0.3) is 0 Å². The fourth-order valence-electron chi connectivity index (χ4n) is 5.44. The highest BCUT2D eigenvalue weighted by molar-refractivity contribution is 6.31. The first kappa shape index (κ1) is 23.5. The molecule has 3 atom stereocenters. The number of nitrogens with zero attached hydrogens (tertiary/aromatic N) is 4. The van der Waals surface area contributed by atoms with Gasteiger partial charge in [0, 0.05) is 42.9 Å². The van der Waals surface area contributed by atoms with Crippen molar-refractivity contribution in [2.45, 2.75) is 56.7 Å². The van der Waals surface area contributed by atoms with Gasteiger partial charge in [-0.3, -0.25) is 4.90 Å². The lowest BCUT2D eigenvalue weighted by Crippen LogP contribution is -2.62. The molecule has 2 aliphatic heterocycles. The molecule has 33 heavy (non-hydrogen) atoms. The Balaban J connectivity index is 1.57. The summed E-state index contributed by atoms with van der Waals surface area (Å²) < 4.78 is 24.6. The molecule has 1 aromatic heterocycles. The van der Waals surface area contributed by atoms with Crippen LogP contribution < -0.4 is 9.64 Å². The van der Waals surface area contributed by atoms with Gasteiger partial charge in [-0.15, -0.1) is 10.2 Å². The van der Waals surface area contributed by atoms with Crippen molar-refractivity contribution in [3.8, 4) is 17.0 Å². The number of hydrogen-bond donors (Lipinski definition) is 1. The number of carboxylic acid groups (broad SMARTS) is 1. The van der Waals surface area contributed by atoms with E-state index in [1.807, 2.05) is 27.0 Å². The van der Waals surface area contributed by atoms with Gasteiger partial charge in [0.15, 0.2) is 12.6 Å². The molecule has 3 heterocycles. The van der Waals surface area contributed by atoms with Crippen molar-refractivity contribution in [2.24, 2.45) is 0 Å². The number of aromatic nitrogens is 2. The first-order valence-corrected chi connectivity index (χ1v) is 11.2. The summed E-state index contributed by atoms with van der Waals surface area (Å²) >= 11 is 5.91. The van der Waals surface area contributed by atoms with E-state index < -0.39 is 23.0 Å². The van der Waals surface area contributed by atoms with Gasteiger partial charge >= 0.3 is 6.09 Å². The molecule has 2 aliphatic rings. The topological polar surface area (TPSA) is 88.0 Å². The first-order chi connectivity index (χ1) is 15.6. The van der Waals surface area contributed by atoms with Crippen LogP contribution in [0.5, 0.6) is 5.75 Å². The van der Waals surface area contributed by atoms with E-state index in [1.165, 1.54) is 19.2 Å². The zero-order valence-corrected chi connectivity index (χ0v) is 19.9. The molecular formula is C23H28ClFN4O4. The Hall–Kier alpha value is -2.65. The quantitative estimate of drug-likeness (QED) is 0.596. The second kappa shape index (κ2) is 8.61. The zero-order chi connectivity index (χ0) is 24.0. The summed E-state index contributed by atoms with van der Waals surface area (Å²) in [6.07, 6.45) is 2.26. The van der Waals surface area contributed by atoms with Crippen molar-refractivity contribution >= 4 is 23.5 Å². The minimum absolute atomic E-state index is 0.0181. The summed E-state index contributed by atoms with van der Waals surface area (Å²) in [5.74, 6) is 0.423. The highest BCUT2D eigenvalue weighted by atomic mass is 35.5. The normalized spacial score (nSPS) is 26.4. The third-order valence-corrected chi connectivity index (χ3v) is 7.30. The standard InChI is InChI=1S/C23H28ClFN4O4/c1-22-7-8-23(2,29(22)21(30)31)12-14(11-22)28(3)20-6-5-18(26-27-20)15-9-17(25)16(24)10-19(15)33-13-32-4/h5-6,9-10,14H,7-8,11-13H2,1-4H3,(H,30,31)/t14-,22+,23-. The van der Waals surface area contributed by atoms with Gasteiger partial charge in [-0.05, 0) is 57.7 Å². The molecule has 10 heteroatoms. The van der Waals surface area contributed by atoms with Crippen molar-refractivity contribution in [1.82, 2.24) is 15.1 Å². The maximum Gasteiger partial charge on any atom is 0.408 e. The number of halogens is 2. The molecule has 0 radical (unpaired) electrons. The Bertz CT molecular complexity index is 1040. The molecule has 4 rings (SSSR count). The SMILES string of the molecule is COCOc1cc(Cl)c(F)cc1-c1ccc(N(C)[C@@H]2C[C@]3(C)CC[C@](C)(C2)N3C(=O)O)nn1. The van der Waals surface area contributed by atoms with Crippen LogP contribution in [-0.4, -0.2) is 64.4 Å². The van der Waals surface area contributed by atoms with Crippen LogP contribution in [0.15, 0.2) is 24.3 Å². The van der Waals surface area contributed by atoms with Gasteiger partial charge in [-0.2, -0.15) is 0 Å². The van der Waals surface area contributed by atoms with E-state index in [4.69, 9.17) is 21.1 Å². The summed E-state index contributed by atoms with van der Waals surface area (Å²) in [6.45, 7) is 4.03. The molecule has 8 nitrogen and oxygen atoms in total. The monoisotopic (exact) mass is 478 g/mol. The number of benzene rings is 1. The van der Waals surface area contributed by atoms with E-state index in [0.717, 1.165) is 12.8 Å². The zero-order valence-electron chi connectivity index (χ0n) is 19.1. The average molecular weight is 479 g/mol. The molecule has 2 fully saturated rings. The Morgan fingerprint density at radius 2 is 1.94 bits per heavy atom. The first-order valence-electron chi connectivity index (χ1n) is 10.8. The van der Waals surface area contributed by atoms with E-state index in [0.29, 0.717) is 35.7 Å². The van der Waals surface area contributed by atoms with Crippen LogP contribution in [0.3, 0.4) is 0 Å². The molecule has 0 unspecified atom stereocenters. The number of fused-ring (bicyclic) bond motifs is 2. The van der Waals surface area contributed by atoms with Gasteiger partial charge in [0.2, 0.25) is 0 Å². The molecule has 0 saturated carbocycles. The van der Waals surface area contributed by atoms with Crippen LogP contribution in [0.4, 0.5) is 15.0 Å². The van der Waals surface area contributed by atoms with Crippen molar-refractivity contribution in [3.63, 3.8) is 0 Å². The largest absolute Gasteiger partial charge is 0.467 e. The number of carbonyl (C=O) groups is 1. The molecule has 0 spiro atoms. The fraction of sp³-hybridized carbons (Fsp3) is 0.522. The smallest absolute Gasteiger partial charge is 0.408 e. The number of amides is 1. The lowest BCUT2D eigenvalue weighted by Gasteiger charge is -2.51. The molecule has 1 aromatic carbocycles. The maximum absolute atomic E-state index is 14.1. The lowest BCUT2D eigenvalue weighted by atomic mass is 9.82. The van der Waals surface area contributed by atoms with Gasteiger partial charge in [0.05, 0.1) is 10.7 Å². The Labute approximate surface area is 197 Å². The third kappa shape index (κ3) is 4.19. The van der Waals surface area contributed by atoms with Crippen molar-refractivity contribution < 1.29 is 23.8 Å². The lowest BCUT2D eigenvalue weighted by molar-refractivity contribution is 0.0131. The van der Waals surface area contributed by atoms with Gasteiger partial charge in [-0.25, -0.2) is 9.18 Å². The molecule has 2 aromatic rings.